The Bertz CT molecular complexity index is 3650. The van der Waals surface area contributed by atoms with E-state index in [9.17, 15) is 0 Å². The van der Waals surface area contributed by atoms with E-state index in [0.29, 0.717) is 17.5 Å². The smallest absolute Gasteiger partial charge is 0.164 e. The zero-order valence-corrected chi connectivity index (χ0v) is 33.4. The second kappa shape index (κ2) is 13.6. The largest absolute Gasteiger partial charge is 0.309 e. The molecule has 0 saturated carbocycles. The molecular weight excluding hydrogens is 755 g/mol. The summed E-state index contributed by atoms with van der Waals surface area (Å²) in [6.07, 6.45) is 0. The lowest BCUT2D eigenvalue weighted by atomic mass is 9.94. The lowest BCUT2D eigenvalue weighted by Crippen LogP contribution is -2.01. The summed E-state index contributed by atoms with van der Waals surface area (Å²) < 4.78 is 4.91. The van der Waals surface area contributed by atoms with Crippen LogP contribution in [-0.4, -0.2) is 24.1 Å². The van der Waals surface area contributed by atoms with Gasteiger partial charge in [-0.3, -0.25) is 0 Å². The van der Waals surface area contributed by atoms with Crippen LogP contribution in [0.5, 0.6) is 0 Å². The predicted molar refractivity (Wildman–Crippen MR) is 255 cm³/mol. The summed E-state index contributed by atoms with van der Waals surface area (Å²) in [4.78, 5) is 15.0. The van der Waals surface area contributed by atoms with Crippen molar-refractivity contribution in [3.63, 3.8) is 0 Å². The Morgan fingerprint density at radius 3 is 1.50 bits per heavy atom. The van der Waals surface area contributed by atoms with Gasteiger partial charge in [0.15, 0.2) is 17.5 Å². The summed E-state index contributed by atoms with van der Waals surface area (Å²) in [5.74, 6) is 1.92. The van der Waals surface area contributed by atoms with Crippen molar-refractivity contribution >= 4 is 43.5 Å². The SMILES string of the molecule is c1ccc(-c2nc(-c3ccccc3)nc(-c3ccc(-n4c5c(c6c(-c7cccc8c9ccccc9n(-c9ccccc9)c78)cccc64)-c4cccc6cccc-5c46)cc3)n2)cc1. The van der Waals surface area contributed by atoms with E-state index >= 15 is 0 Å². The average molecular weight is 790 g/mol. The second-order valence-corrected chi connectivity index (χ2v) is 15.9. The molecule has 9 aromatic carbocycles. The Kier molecular flexibility index (Phi) is 7.54. The van der Waals surface area contributed by atoms with Crippen molar-refractivity contribution in [1.29, 1.82) is 0 Å². The van der Waals surface area contributed by atoms with Gasteiger partial charge in [0.05, 0.1) is 22.2 Å². The lowest BCUT2D eigenvalue weighted by molar-refractivity contribution is 1.07. The minimum atomic E-state index is 0.633. The molecule has 1 aliphatic rings. The highest BCUT2D eigenvalue weighted by atomic mass is 15.0. The van der Waals surface area contributed by atoms with Gasteiger partial charge in [-0.2, -0.15) is 0 Å². The molecule has 12 aromatic rings. The van der Waals surface area contributed by atoms with Crippen LogP contribution in [0.3, 0.4) is 0 Å². The first-order valence-corrected chi connectivity index (χ1v) is 21.0. The van der Waals surface area contributed by atoms with Gasteiger partial charge < -0.3 is 9.13 Å². The van der Waals surface area contributed by atoms with E-state index in [2.05, 4.69) is 161 Å². The highest BCUT2D eigenvalue weighted by Gasteiger charge is 2.31. The molecule has 0 bridgehead atoms. The number of hydrogen-bond acceptors (Lipinski definition) is 3. The molecule has 3 aromatic heterocycles. The predicted octanol–water partition coefficient (Wildman–Crippen LogP) is 14.4. The van der Waals surface area contributed by atoms with Crippen LogP contribution in [0.15, 0.2) is 212 Å². The van der Waals surface area contributed by atoms with E-state index in [1.807, 2.05) is 60.7 Å². The molecule has 62 heavy (non-hydrogen) atoms. The normalized spacial score (nSPS) is 11.9. The Hall–Kier alpha value is -8.41. The third-order valence-corrected chi connectivity index (χ3v) is 12.5. The summed E-state index contributed by atoms with van der Waals surface area (Å²) in [5, 5.41) is 6.26. The number of aromatic nitrogens is 5. The Labute approximate surface area is 357 Å². The van der Waals surface area contributed by atoms with Gasteiger partial charge in [0.2, 0.25) is 0 Å². The summed E-state index contributed by atoms with van der Waals surface area (Å²) in [6, 6.07) is 75.6. The van der Waals surface area contributed by atoms with E-state index in [1.54, 1.807) is 0 Å². The maximum Gasteiger partial charge on any atom is 0.164 e. The number of rotatable bonds is 6. The van der Waals surface area contributed by atoms with Crippen molar-refractivity contribution in [3.05, 3.63) is 212 Å². The molecule has 5 heteroatoms. The quantitative estimate of drug-likeness (QED) is 0.169. The van der Waals surface area contributed by atoms with Crippen molar-refractivity contribution in [3.8, 4) is 79.0 Å². The highest BCUT2D eigenvalue weighted by molar-refractivity contribution is 6.26. The van der Waals surface area contributed by atoms with Crippen LogP contribution in [0.4, 0.5) is 0 Å². The fraction of sp³-hybridized carbons (Fsp3) is 0. The Balaban J connectivity index is 1.05. The van der Waals surface area contributed by atoms with Crippen molar-refractivity contribution in [2.75, 3.05) is 0 Å². The number of fused-ring (bicyclic) bond motifs is 8. The zero-order valence-electron chi connectivity index (χ0n) is 33.4. The average Bonchev–Trinajstić information content (AvgIpc) is 3.99. The molecule has 0 atom stereocenters. The second-order valence-electron chi connectivity index (χ2n) is 15.9. The molecule has 3 heterocycles. The first-order valence-electron chi connectivity index (χ1n) is 21.0. The molecular formula is C57H35N5. The van der Waals surface area contributed by atoms with Crippen LogP contribution in [-0.2, 0) is 0 Å². The molecule has 5 nitrogen and oxygen atoms in total. The first kappa shape index (κ1) is 34.5. The van der Waals surface area contributed by atoms with Crippen LogP contribution in [0.25, 0.3) is 123 Å². The monoisotopic (exact) mass is 789 g/mol. The molecule has 0 aliphatic heterocycles. The molecule has 0 fully saturated rings. The topological polar surface area (TPSA) is 48.5 Å². The summed E-state index contributed by atoms with van der Waals surface area (Å²) in [5.41, 5.74) is 16.0. The summed E-state index contributed by atoms with van der Waals surface area (Å²) in [7, 11) is 0. The molecule has 13 rings (SSSR count). The fourth-order valence-electron chi connectivity index (χ4n) is 9.87. The van der Waals surface area contributed by atoms with Gasteiger partial charge in [-0.15, -0.1) is 0 Å². The van der Waals surface area contributed by atoms with E-state index < -0.39 is 0 Å². The standard InChI is InChI=1S/C57H35N5/c1-4-16-37(17-5-1)55-58-56(38-18-6-2-7-19-38)60-57(59-55)39-32-34-41(35-33-39)62-49-31-15-25-43(51(49)52-46-28-12-20-36-21-13-29-47(50(36)46)54(52)62)45-27-14-26-44-42-24-10-11-30-48(42)61(53(44)45)40-22-8-3-9-23-40/h1-35H. The Morgan fingerprint density at radius 1 is 0.306 bits per heavy atom. The van der Waals surface area contributed by atoms with E-state index in [4.69, 9.17) is 15.0 Å². The van der Waals surface area contributed by atoms with Crippen LogP contribution in [0, 0.1) is 0 Å². The van der Waals surface area contributed by atoms with E-state index in [-0.39, 0.29) is 0 Å². The van der Waals surface area contributed by atoms with Crippen LogP contribution in [0.2, 0.25) is 0 Å². The molecule has 0 N–H and O–H groups in total. The number of benzene rings is 9. The maximum atomic E-state index is 5.04. The van der Waals surface area contributed by atoms with Crippen molar-refractivity contribution < 1.29 is 0 Å². The highest BCUT2D eigenvalue weighted by Crippen LogP contribution is 2.55. The van der Waals surface area contributed by atoms with Crippen LogP contribution < -0.4 is 0 Å². The molecule has 0 saturated heterocycles. The molecule has 0 amide bonds. The van der Waals surface area contributed by atoms with Crippen LogP contribution in [0.1, 0.15) is 0 Å². The van der Waals surface area contributed by atoms with Gasteiger partial charge in [0.25, 0.3) is 0 Å². The van der Waals surface area contributed by atoms with Crippen molar-refractivity contribution in [1.82, 2.24) is 24.1 Å². The van der Waals surface area contributed by atoms with Gasteiger partial charge in [0.1, 0.15) is 0 Å². The van der Waals surface area contributed by atoms with E-state index in [1.165, 1.54) is 71.5 Å². The summed E-state index contributed by atoms with van der Waals surface area (Å²) >= 11 is 0. The van der Waals surface area contributed by atoms with Gasteiger partial charge in [-0.05, 0) is 70.4 Å². The van der Waals surface area contributed by atoms with Crippen molar-refractivity contribution in [2.24, 2.45) is 0 Å². The number of para-hydroxylation sites is 3. The third-order valence-electron chi connectivity index (χ3n) is 12.5. The molecule has 288 valence electrons. The fourth-order valence-corrected chi connectivity index (χ4v) is 9.87. The van der Waals surface area contributed by atoms with Gasteiger partial charge in [0, 0.05) is 60.9 Å². The molecule has 0 unspecified atom stereocenters. The third kappa shape index (κ3) is 5.12. The van der Waals surface area contributed by atoms with E-state index in [0.717, 1.165) is 33.6 Å². The van der Waals surface area contributed by atoms with Crippen LogP contribution >= 0.6 is 0 Å². The van der Waals surface area contributed by atoms with Gasteiger partial charge in [-0.1, -0.05) is 164 Å². The molecule has 0 radical (unpaired) electrons. The number of hydrogen-bond donors (Lipinski definition) is 0. The molecule has 0 spiro atoms. The lowest BCUT2D eigenvalue weighted by Gasteiger charge is -2.15. The van der Waals surface area contributed by atoms with Gasteiger partial charge in [-0.25, -0.2) is 15.0 Å². The van der Waals surface area contributed by atoms with Gasteiger partial charge >= 0.3 is 0 Å². The van der Waals surface area contributed by atoms with Crippen molar-refractivity contribution in [2.45, 2.75) is 0 Å². The zero-order chi connectivity index (χ0) is 40.7. The minimum Gasteiger partial charge on any atom is -0.309 e. The Morgan fingerprint density at radius 2 is 0.806 bits per heavy atom. The molecule has 1 aliphatic carbocycles. The summed E-state index contributed by atoms with van der Waals surface area (Å²) in [6.45, 7) is 0. The number of nitrogens with zero attached hydrogens (tertiary/aromatic N) is 5. The first-order chi connectivity index (χ1) is 30.8. The minimum absolute atomic E-state index is 0.633. The maximum absolute atomic E-state index is 5.04.